The van der Waals surface area contributed by atoms with Crippen LogP contribution in [0.25, 0.3) is 10.9 Å². The number of pyridine rings is 1. The third kappa shape index (κ3) is 3.51. The van der Waals surface area contributed by atoms with E-state index in [-0.39, 0.29) is 0 Å². The van der Waals surface area contributed by atoms with Crippen LogP contribution >= 0.6 is 15.9 Å². The van der Waals surface area contributed by atoms with Gasteiger partial charge in [0.15, 0.2) is 0 Å². The van der Waals surface area contributed by atoms with Gasteiger partial charge in [0.1, 0.15) is 6.04 Å². The van der Waals surface area contributed by atoms with E-state index in [1.54, 1.807) is 24.3 Å². The summed E-state index contributed by atoms with van der Waals surface area (Å²) in [5.74, 6) is -4.34. The molecule has 3 rings (SSSR count). The number of nitrogens with zero attached hydrogens (tertiary/aromatic N) is 3. The summed E-state index contributed by atoms with van der Waals surface area (Å²) in [6, 6.07) is 7.30. The van der Waals surface area contributed by atoms with Crippen molar-refractivity contribution in [2.24, 2.45) is 0 Å². The molecule has 1 N–H and O–H groups in total. The maximum absolute atomic E-state index is 13.4. The van der Waals surface area contributed by atoms with Gasteiger partial charge in [0, 0.05) is 22.5 Å². The van der Waals surface area contributed by atoms with Crippen molar-refractivity contribution in [1.82, 2.24) is 15.2 Å². The van der Waals surface area contributed by atoms with Gasteiger partial charge in [-0.25, -0.2) is 8.78 Å². The lowest BCUT2D eigenvalue weighted by atomic mass is 10.1. The first-order chi connectivity index (χ1) is 12.3. The largest absolute Gasteiger partial charge is 0.343 e. The fraction of sp³-hybridized carbons (Fsp3) is 0.294. The van der Waals surface area contributed by atoms with Gasteiger partial charge in [-0.2, -0.15) is 5.26 Å². The quantitative estimate of drug-likeness (QED) is 0.822. The van der Waals surface area contributed by atoms with Crippen LogP contribution in [-0.4, -0.2) is 46.8 Å². The van der Waals surface area contributed by atoms with Crippen molar-refractivity contribution in [3.05, 3.63) is 40.5 Å². The van der Waals surface area contributed by atoms with Crippen molar-refractivity contribution >= 4 is 38.6 Å². The molecule has 2 heterocycles. The Kier molecular flexibility index (Phi) is 4.87. The summed E-state index contributed by atoms with van der Waals surface area (Å²) in [4.78, 5) is 29.6. The summed E-state index contributed by atoms with van der Waals surface area (Å²) in [6.45, 7) is -1.29. The number of amides is 2. The van der Waals surface area contributed by atoms with Gasteiger partial charge in [-0.05, 0) is 18.2 Å². The highest BCUT2D eigenvalue weighted by atomic mass is 79.9. The number of hydrogen-bond acceptors (Lipinski definition) is 4. The van der Waals surface area contributed by atoms with Gasteiger partial charge in [0.2, 0.25) is 5.91 Å². The fourth-order valence-electron chi connectivity index (χ4n) is 2.90. The van der Waals surface area contributed by atoms with Crippen LogP contribution in [0.5, 0.6) is 0 Å². The number of alkyl halides is 2. The molecule has 6 nitrogen and oxygen atoms in total. The maximum Gasteiger partial charge on any atom is 0.268 e. The van der Waals surface area contributed by atoms with Gasteiger partial charge >= 0.3 is 0 Å². The van der Waals surface area contributed by atoms with Crippen LogP contribution in [0, 0.1) is 11.3 Å². The van der Waals surface area contributed by atoms with Crippen LogP contribution in [0.3, 0.4) is 0 Å². The Morgan fingerprint density at radius 2 is 2.19 bits per heavy atom. The molecule has 1 atom stereocenters. The molecule has 134 valence electrons. The highest BCUT2D eigenvalue weighted by molar-refractivity contribution is 9.10. The smallest absolute Gasteiger partial charge is 0.268 e. The molecule has 26 heavy (non-hydrogen) atoms. The molecule has 1 aromatic carbocycles. The zero-order valence-electron chi connectivity index (χ0n) is 13.4. The van der Waals surface area contributed by atoms with Crippen LogP contribution in [0.1, 0.15) is 16.8 Å². The Morgan fingerprint density at radius 1 is 1.42 bits per heavy atom. The Balaban J connectivity index is 1.74. The number of halogens is 3. The maximum atomic E-state index is 13.4. The van der Waals surface area contributed by atoms with Crippen LogP contribution in [0.4, 0.5) is 8.78 Å². The van der Waals surface area contributed by atoms with E-state index in [0.29, 0.717) is 20.9 Å². The second kappa shape index (κ2) is 6.96. The van der Waals surface area contributed by atoms with E-state index in [1.807, 2.05) is 0 Å². The van der Waals surface area contributed by atoms with Crippen molar-refractivity contribution in [2.75, 3.05) is 13.1 Å². The van der Waals surface area contributed by atoms with Crippen molar-refractivity contribution in [2.45, 2.75) is 18.4 Å². The van der Waals surface area contributed by atoms with Gasteiger partial charge in [-0.1, -0.05) is 22.0 Å². The zero-order valence-corrected chi connectivity index (χ0v) is 15.0. The van der Waals surface area contributed by atoms with Crippen LogP contribution in [-0.2, 0) is 4.79 Å². The van der Waals surface area contributed by atoms with Gasteiger partial charge in [0.05, 0.1) is 30.2 Å². The molecule has 0 aliphatic carbocycles. The number of nitrogens with one attached hydrogen (secondary N) is 1. The first-order valence-corrected chi connectivity index (χ1v) is 8.50. The third-order valence-electron chi connectivity index (χ3n) is 4.10. The highest BCUT2D eigenvalue weighted by Gasteiger charge is 2.47. The number of fused-ring (bicyclic) bond motifs is 1. The van der Waals surface area contributed by atoms with E-state index in [1.165, 1.54) is 12.3 Å². The Hall–Kier alpha value is -2.60. The zero-order chi connectivity index (χ0) is 18.9. The van der Waals surface area contributed by atoms with E-state index in [0.717, 1.165) is 4.90 Å². The van der Waals surface area contributed by atoms with Crippen molar-refractivity contribution in [3.8, 4) is 6.07 Å². The Bertz CT molecular complexity index is 923. The predicted octanol–water partition coefficient (Wildman–Crippen LogP) is 2.49. The molecule has 2 amide bonds. The molecule has 2 aromatic rings. The van der Waals surface area contributed by atoms with Gasteiger partial charge in [0.25, 0.3) is 11.8 Å². The molecule has 1 saturated heterocycles. The van der Waals surface area contributed by atoms with E-state index < -0.39 is 43.3 Å². The van der Waals surface area contributed by atoms with Crippen molar-refractivity contribution in [3.63, 3.8) is 0 Å². The number of nitriles is 1. The summed E-state index contributed by atoms with van der Waals surface area (Å²) < 4.78 is 27.5. The van der Waals surface area contributed by atoms with Crippen LogP contribution in [0.2, 0.25) is 0 Å². The van der Waals surface area contributed by atoms with Gasteiger partial charge in [-0.15, -0.1) is 0 Å². The summed E-state index contributed by atoms with van der Waals surface area (Å²) in [7, 11) is 0. The minimum Gasteiger partial charge on any atom is -0.343 e. The molecule has 1 aliphatic heterocycles. The van der Waals surface area contributed by atoms with Gasteiger partial charge in [-0.3, -0.25) is 14.6 Å². The average molecular weight is 423 g/mol. The van der Waals surface area contributed by atoms with Crippen LogP contribution in [0.15, 0.2) is 34.9 Å². The Morgan fingerprint density at radius 3 is 2.92 bits per heavy atom. The van der Waals surface area contributed by atoms with Crippen molar-refractivity contribution < 1.29 is 18.4 Å². The molecule has 0 spiro atoms. The average Bonchev–Trinajstić information content (AvgIpc) is 2.94. The normalized spacial score (nSPS) is 18.5. The fourth-order valence-corrected chi connectivity index (χ4v) is 3.47. The van der Waals surface area contributed by atoms with E-state index in [4.69, 9.17) is 5.26 Å². The predicted molar refractivity (Wildman–Crippen MR) is 92.5 cm³/mol. The Labute approximate surface area is 155 Å². The molecule has 1 aromatic heterocycles. The van der Waals surface area contributed by atoms with Crippen LogP contribution < -0.4 is 5.32 Å². The first-order valence-electron chi connectivity index (χ1n) is 7.71. The molecule has 0 saturated carbocycles. The summed E-state index contributed by atoms with van der Waals surface area (Å²) in [5, 5.41) is 12.0. The molecule has 9 heteroatoms. The third-order valence-corrected chi connectivity index (χ3v) is 4.76. The SMILES string of the molecule is N#CC1CC(F)(F)CN1C(=O)CNC(=O)c1ccnc2cccc(Br)c12. The topological polar surface area (TPSA) is 86.1 Å². The number of carbonyl (C=O) groups excluding carboxylic acids is 2. The van der Waals surface area contributed by atoms with Gasteiger partial charge < -0.3 is 10.2 Å². The molecule has 0 radical (unpaired) electrons. The number of hydrogen-bond donors (Lipinski definition) is 1. The number of likely N-dealkylation sites (tertiary alicyclic amines) is 1. The lowest BCUT2D eigenvalue weighted by Crippen LogP contribution is -2.43. The first kappa shape index (κ1) is 18.2. The van der Waals surface area contributed by atoms with E-state index in [9.17, 15) is 18.4 Å². The molecule has 0 bridgehead atoms. The number of rotatable bonds is 3. The summed E-state index contributed by atoms with van der Waals surface area (Å²) in [5.41, 5.74) is 0.904. The highest BCUT2D eigenvalue weighted by Crippen LogP contribution is 2.31. The van der Waals surface area contributed by atoms with E-state index in [2.05, 4.69) is 26.2 Å². The van der Waals surface area contributed by atoms with E-state index >= 15 is 0 Å². The molecule has 1 fully saturated rings. The molecule has 1 aliphatic rings. The second-order valence-corrected chi connectivity index (χ2v) is 6.76. The number of carbonyl (C=O) groups is 2. The number of benzene rings is 1. The summed E-state index contributed by atoms with van der Waals surface area (Å²) in [6.07, 6.45) is 0.781. The summed E-state index contributed by atoms with van der Waals surface area (Å²) >= 11 is 3.37. The monoisotopic (exact) mass is 422 g/mol. The van der Waals surface area contributed by atoms with Crippen molar-refractivity contribution in [1.29, 1.82) is 5.26 Å². The molecular weight excluding hydrogens is 410 g/mol. The lowest BCUT2D eigenvalue weighted by Gasteiger charge is -2.19. The molecule has 1 unspecified atom stereocenters. The second-order valence-electron chi connectivity index (χ2n) is 5.90. The molecular formula is C17H13BrF2N4O2. The number of aromatic nitrogens is 1. The lowest BCUT2D eigenvalue weighted by molar-refractivity contribution is -0.131. The standard InChI is InChI=1S/C17H13BrF2N4O2/c18-12-2-1-3-13-15(12)11(4-5-22-13)16(26)23-8-14(25)24-9-17(19,20)6-10(24)7-21/h1-5,10H,6,8-9H2,(H,23,26). The minimum atomic E-state index is -3.09. The minimum absolute atomic E-state index is 0.304.